The molecule has 2 rings (SSSR count). The first-order valence-electron chi connectivity index (χ1n) is 10.1. The molecule has 0 saturated heterocycles. The van der Waals surface area contributed by atoms with Crippen LogP contribution in [0.2, 0.25) is 0 Å². The van der Waals surface area contributed by atoms with Gasteiger partial charge in [-0.15, -0.1) is 21.0 Å². The maximum atomic E-state index is 11.1. The topological polar surface area (TPSA) is 52.6 Å². The first-order valence-corrected chi connectivity index (χ1v) is 13.6. The first kappa shape index (κ1) is 25.4. The SMILES string of the molecule is C=CC(=O)OCCCC=S1C=C(C)C=C1SC1=CC(C)=CS1=CCCCOC(=O)C=C. The Balaban J connectivity index is 1.91. The molecule has 0 saturated carbocycles. The normalized spacial score (nSPS) is 20.1. The molecule has 0 aromatic carbocycles. The molecule has 0 N–H and O–H groups in total. The zero-order valence-electron chi connectivity index (χ0n) is 18.1. The molecular weight excluding hydrogens is 448 g/mol. The second-order valence-electron chi connectivity index (χ2n) is 6.86. The fourth-order valence-corrected chi connectivity index (χ4v) is 8.69. The molecule has 168 valence electrons. The molecule has 2 heterocycles. The van der Waals surface area contributed by atoms with Crippen molar-refractivity contribution in [3.05, 3.63) is 67.9 Å². The summed E-state index contributed by atoms with van der Waals surface area (Å²) in [5.74, 6) is -0.734. The highest BCUT2D eigenvalue weighted by Gasteiger charge is 2.16. The number of rotatable bonds is 12. The van der Waals surface area contributed by atoms with Crippen LogP contribution in [-0.4, -0.2) is 35.9 Å². The second kappa shape index (κ2) is 13.6. The summed E-state index contributed by atoms with van der Waals surface area (Å²) in [6.45, 7) is 11.9. The van der Waals surface area contributed by atoms with E-state index in [1.807, 2.05) is 11.8 Å². The number of unbranched alkanes of at least 4 members (excludes halogenated alkanes) is 2. The summed E-state index contributed by atoms with van der Waals surface area (Å²) < 4.78 is 12.8. The lowest BCUT2D eigenvalue weighted by Gasteiger charge is -2.10. The number of carbonyl (C=O) groups is 2. The molecule has 0 bridgehead atoms. The van der Waals surface area contributed by atoms with Crippen LogP contribution in [0.25, 0.3) is 0 Å². The van der Waals surface area contributed by atoms with Crippen molar-refractivity contribution in [3.63, 3.8) is 0 Å². The smallest absolute Gasteiger partial charge is 0.330 e. The zero-order chi connectivity index (χ0) is 22.6. The Morgan fingerprint density at radius 2 is 1.29 bits per heavy atom. The van der Waals surface area contributed by atoms with E-state index < -0.39 is 0 Å². The number of hydrogen-bond donors (Lipinski definition) is 0. The van der Waals surface area contributed by atoms with E-state index in [-0.39, 0.29) is 32.9 Å². The number of hydrogen-bond acceptors (Lipinski definition) is 5. The van der Waals surface area contributed by atoms with Gasteiger partial charge in [-0.1, -0.05) is 35.7 Å². The van der Waals surface area contributed by atoms with Gasteiger partial charge in [-0.05, 0) is 73.6 Å². The van der Waals surface area contributed by atoms with Crippen LogP contribution in [0.5, 0.6) is 0 Å². The Labute approximate surface area is 194 Å². The predicted molar refractivity (Wildman–Crippen MR) is 139 cm³/mol. The van der Waals surface area contributed by atoms with Gasteiger partial charge in [0.25, 0.3) is 0 Å². The van der Waals surface area contributed by atoms with Crippen LogP contribution in [0, 0.1) is 0 Å². The molecule has 2 atom stereocenters. The van der Waals surface area contributed by atoms with Crippen molar-refractivity contribution in [2.75, 3.05) is 13.2 Å². The van der Waals surface area contributed by atoms with Gasteiger partial charge in [0.05, 0.1) is 13.2 Å². The summed E-state index contributed by atoms with van der Waals surface area (Å²) in [6, 6.07) is 0. The third-order valence-electron chi connectivity index (χ3n) is 4.10. The fraction of sp³-hybridized carbons (Fsp3) is 0.333. The van der Waals surface area contributed by atoms with E-state index in [1.54, 1.807) is 0 Å². The summed E-state index contributed by atoms with van der Waals surface area (Å²) in [7, 11) is -0.0248. The highest BCUT2D eigenvalue weighted by molar-refractivity contribution is 8.40. The van der Waals surface area contributed by atoms with E-state index >= 15 is 0 Å². The monoisotopic (exact) mass is 478 g/mol. The summed E-state index contributed by atoms with van der Waals surface area (Å²) in [4.78, 5) is 22.2. The van der Waals surface area contributed by atoms with Crippen LogP contribution < -0.4 is 0 Å². The van der Waals surface area contributed by atoms with Crippen LogP contribution in [0.4, 0.5) is 0 Å². The third-order valence-corrected chi connectivity index (χ3v) is 10.00. The summed E-state index contributed by atoms with van der Waals surface area (Å²) in [6.07, 6.45) is 10.3. The highest BCUT2D eigenvalue weighted by atomic mass is 32.3. The molecule has 0 aromatic heterocycles. The van der Waals surface area contributed by atoms with Crippen molar-refractivity contribution in [1.29, 1.82) is 0 Å². The maximum Gasteiger partial charge on any atom is 0.330 e. The maximum absolute atomic E-state index is 11.1. The van der Waals surface area contributed by atoms with Crippen molar-refractivity contribution in [1.82, 2.24) is 0 Å². The van der Waals surface area contributed by atoms with Gasteiger partial charge in [-0.2, -0.15) is 0 Å². The van der Waals surface area contributed by atoms with E-state index in [9.17, 15) is 9.59 Å². The van der Waals surface area contributed by atoms with Gasteiger partial charge in [0.2, 0.25) is 0 Å². The number of thioether (sulfide) groups is 1. The zero-order valence-corrected chi connectivity index (χ0v) is 20.6. The van der Waals surface area contributed by atoms with Gasteiger partial charge < -0.3 is 9.47 Å². The van der Waals surface area contributed by atoms with Crippen LogP contribution in [-0.2, 0) is 19.1 Å². The Bertz CT molecular complexity index is 843. The molecule has 31 heavy (non-hydrogen) atoms. The Morgan fingerprint density at radius 3 is 1.68 bits per heavy atom. The van der Waals surface area contributed by atoms with E-state index in [2.05, 4.69) is 60.7 Å². The van der Waals surface area contributed by atoms with Gasteiger partial charge in [-0.3, -0.25) is 0 Å². The minimum absolute atomic E-state index is 0.0124. The lowest BCUT2D eigenvalue weighted by Crippen LogP contribution is -2.01. The summed E-state index contributed by atoms with van der Waals surface area (Å²) in [5, 5.41) is 9.26. The van der Waals surface area contributed by atoms with E-state index in [0.29, 0.717) is 13.2 Å². The van der Waals surface area contributed by atoms with Crippen LogP contribution >= 0.6 is 32.7 Å². The Kier molecular flexibility index (Phi) is 11.1. The van der Waals surface area contributed by atoms with Crippen LogP contribution in [0.1, 0.15) is 39.5 Å². The van der Waals surface area contributed by atoms with Gasteiger partial charge in [0.15, 0.2) is 0 Å². The molecule has 2 unspecified atom stereocenters. The van der Waals surface area contributed by atoms with E-state index in [4.69, 9.17) is 9.47 Å². The van der Waals surface area contributed by atoms with Gasteiger partial charge in [0.1, 0.15) is 0 Å². The van der Waals surface area contributed by atoms with Gasteiger partial charge in [0, 0.05) is 20.6 Å². The minimum atomic E-state index is -0.367. The average molecular weight is 479 g/mol. The molecular formula is C24H30O4S3. The van der Waals surface area contributed by atoms with Crippen LogP contribution in [0.3, 0.4) is 0 Å². The molecule has 0 amide bonds. The van der Waals surface area contributed by atoms with Gasteiger partial charge >= 0.3 is 11.9 Å². The minimum Gasteiger partial charge on any atom is -0.463 e. The molecule has 0 aromatic rings. The van der Waals surface area contributed by atoms with Gasteiger partial charge in [-0.25, -0.2) is 9.59 Å². The van der Waals surface area contributed by atoms with Crippen molar-refractivity contribution in [2.45, 2.75) is 39.5 Å². The molecule has 0 spiro atoms. The standard InChI is InChI=1S/C24H30O4S3/c1-5-21(25)27-11-7-9-13-30-17-19(3)15-23(30)29-24-16-20(4)18-31(24)14-10-8-12-28-22(26)6-2/h5-6,13-18H,1-2,7-12H2,3-4H3. The lowest BCUT2D eigenvalue weighted by atomic mass is 10.4. The highest BCUT2D eigenvalue weighted by Crippen LogP contribution is 2.52. The first-order chi connectivity index (χ1) is 14.9. The number of allylic oxidation sites excluding steroid dienone is 4. The number of esters is 2. The molecule has 0 aliphatic carbocycles. The quantitative estimate of drug-likeness (QED) is 0.141. The van der Waals surface area contributed by atoms with E-state index in [0.717, 1.165) is 25.7 Å². The largest absolute Gasteiger partial charge is 0.463 e. The van der Waals surface area contributed by atoms with Crippen molar-refractivity contribution >= 4 is 55.4 Å². The molecule has 0 radical (unpaired) electrons. The van der Waals surface area contributed by atoms with E-state index in [1.165, 1.54) is 31.8 Å². The second-order valence-corrected chi connectivity index (χ2v) is 12.0. The molecule has 7 heteroatoms. The number of ether oxygens (including phenoxy) is 2. The predicted octanol–water partition coefficient (Wildman–Crippen LogP) is 6.40. The average Bonchev–Trinajstić information content (AvgIpc) is 3.28. The van der Waals surface area contributed by atoms with Crippen LogP contribution in [0.15, 0.2) is 67.9 Å². The summed E-state index contributed by atoms with van der Waals surface area (Å²) in [5.41, 5.74) is 2.58. The van der Waals surface area contributed by atoms with Crippen molar-refractivity contribution < 1.29 is 19.1 Å². The molecule has 0 fully saturated rings. The Hall–Kier alpha value is -1.83. The Morgan fingerprint density at radius 1 is 0.871 bits per heavy atom. The fourth-order valence-electron chi connectivity index (χ4n) is 2.66. The summed E-state index contributed by atoms with van der Waals surface area (Å²) >= 11 is 1.87. The third kappa shape index (κ3) is 9.05. The molecule has 2 aliphatic rings. The van der Waals surface area contributed by atoms with Crippen molar-refractivity contribution in [2.24, 2.45) is 0 Å². The molecule has 2 aliphatic heterocycles. The lowest BCUT2D eigenvalue weighted by molar-refractivity contribution is -0.138. The van der Waals surface area contributed by atoms with Crippen molar-refractivity contribution in [3.8, 4) is 0 Å². The molecule has 4 nitrogen and oxygen atoms in total. The number of carbonyl (C=O) groups excluding carboxylic acids is 2.